The van der Waals surface area contributed by atoms with E-state index in [1.54, 1.807) is 0 Å². The van der Waals surface area contributed by atoms with Crippen LogP contribution in [0.2, 0.25) is 0 Å². The van der Waals surface area contributed by atoms with Crippen molar-refractivity contribution in [2.24, 2.45) is 17.8 Å². The van der Waals surface area contributed by atoms with E-state index < -0.39 is 37.6 Å². The molecule has 0 aliphatic rings. The Bertz CT molecular complexity index is 703. The second kappa shape index (κ2) is 14.3. The summed E-state index contributed by atoms with van der Waals surface area (Å²) in [5, 5.41) is 40.2. The lowest BCUT2D eigenvalue weighted by Crippen LogP contribution is -2.29. The smallest absolute Gasteiger partial charge is 0.324 e. The lowest BCUT2D eigenvalue weighted by molar-refractivity contribution is -0.404. The summed E-state index contributed by atoms with van der Waals surface area (Å²) in [5.41, 5.74) is -3.00. The van der Waals surface area contributed by atoms with Gasteiger partial charge >= 0.3 is 11.4 Å². The molecule has 0 bridgehead atoms. The van der Waals surface area contributed by atoms with Crippen molar-refractivity contribution >= 4 is 17.1 Å². The molecule has 32 heavy (non-hydrogen) atoms. The number of phenols is 1. The third kappa shape index (κ3) is 11.5. The molecule has 11 nitrogen and oxygen atoms in total. The van der Waals surface area contributed by atoms with Crippen LogP contribution in [0.25, 0.3) is 0 Å². The molecule has 1 N–H and O–H groups in total. The van der Waals surface area contributed by atoms with Crippen LogP contribution in [0, 0.1) is 48.1 Å². The lowest BCUT2D eigenvalue weighted by Gasteiger charge is -2.24. The third-order valence-corrected chi connectivity index (χ3v) is 4.73. The number of nitrogens with zero attached hydrogens (tertiary/aromatic N) is 4. The minimum absolute atomic E-state index is 0.447. The predicted octanol–water partition coefficient (Wildman–Crippen LogP) is 5.54. The summed E-state index contributed by atoms with van der Waals surface area (Å²) < 4.78 is 0. The first-order valence-corrected chi connectivity index (χ1v) is 10.8. The third-order valence-electron chi connectivity index (χ3n) is 4.73. The quantitative estimate of drug-likeness (QED) is 0.317. The minimum Gasteiger partial charge on any atom is -0.497 e. The largest absolute Gasteiger partial charge is 0.497 e. The summed E-state index contributed by atoms with van der Waals surface area (Å²) >= 11 is 0. The normalized spacial score (nSPS) is 11.1. The zero-order valence-corrected chi connectivity index (χ0v) is 19.8. The van der Waals surface area contributed by atoms with Gasteiger partial charge in [0, 0.05) is 0 Å². The Labute approximate surface area is 188 Å². The van der Waals surface area contributed by atoms with Gasteiger partial charge < -0.3 is 10.0 Å². The van der Waals surface area contributed by atoms with Crippen molar-refractivity contribution in [1.29, 1.82) is 0 Å². The Kier molecular flexibility index (Phi) is 13.0. The molecule has 0 atom stereocenters. The average molecular weight is 457 g/mol. The van der Waals surface area contributed by atoms with Crippen molar-refractivity contribution in [3.8, 4) is 5.75 Å². The molecule has 0 amide bonds. The Morgan fingerprint density at radius 1 is 0.719 bits per heavy atom. The van der Waals surface area contributed by atoms with Crippen LogP contribution in [-0.2, 0) is 0 Å². The molecule has 0 radical (unpaired) electrons. The van der Waals surface area contributed by atoms with Crippen molar-refractivity contribution in [2.45, 2.75) is 60.8 Å². The summed E-state index contributed by atoms with van der Waals surface area (Å²) in [6.07, 6.45) is 4.03. The number of aromatic hydroxyl groups is 1. The molecule has 1 rings (SSSR count). The van der Waals surface area contributed by atoms with E-state index in [9.17, 15) is 30.3 Å². The van der Waals surface area contributed by atoms with Crippen LogP contribution < -0.4 is 0 Å². The highest BCUT2D eigenvalue weighted by molar-refractivity contribution is 5.64. The van der Waals surface area contributed by atoms with Gasteiger partial charge in [-0.05, 0) is 56.7 Å². The summed E-state index contributed by atoms with van der Waals surface area (Å²) in [4.78, 5) is 30.4. The molecule has 0 spiro atoms. The molecule has 1 aromatic carbocycles. The summed E-state index contributed by atoms with van der Waals surface area (Å²) in [6.45, 7) is 17.8. The number of non-ortho nitro benzene ring substituents is 1. The van der Waals surface area contributed by atoms with Gasteiger partial charge in [-0.3, -0.25) is 30.3 Å². The van der Waals surface area contributed by atoms with Gasteiger partial charge in [-0.1, -0.05) is 41.5 Å². The van der Waals surface area contributed by atoms with E-state index in [1.165, 1.54) is 38.9 Å². The predicted molar refractivity (Wildman–Crippen MR) is 123 cm³/mol. The highest BCUT2D eigenvalue weighted by atomic mass is 16.6. The van der Waals surface area contributed by atoms with Crippen molar-refractivity contribution in [3.63, 3.8) is 0 Å². The summed E-state index contributed by atoms with van der Waals surface area (Å²) in [5.74, 6) is 1.29. The summed E-state index contributed by atoms with van der Waals surface area (Å²) in [6, 6.07) is 0.894. The maximum Gasteiger partial charge on any atom is 0.324 e. The zero-order chi connectivity index (χ0) is 25.0. The number of hydrogen-bond donors (Lipinski definition) is 1. The number of phenolic OH excluding ortho intramolecular Hbond substituents is 1. The van der Waals surface area contributed by atoms with Gasteiger partial charge in [-0.15, -0.1) is 0 Å². The fourth-order valence-electron chi connectivity index (χ4n) is 2.63. The van der Waals surface area contributed by atoms with Crippen LogP contribution >= 0.6 is 0 Å². The molecule has 0 fully saturated rings. The zero-order valence-electron chi connectivity index (χ0n) is 19.8. The van der Waals surface area contributed by atoms with Crippen LogP contribution in [0.3, 0.4) is 0 Å². The molecule has 0 aliphatic carbocycles. The molecular weight excluding hydrogens is 420 g/mol. The molecular formula is C21H36N4O7. The lowest BCUT2D eigenvalue weighted by atomic mass is 10.1. The van der Waals surface area contributed by atoms with Crippen LogP contribution in [0.15, 0.2) is 12.1 Å². The fourth-order valence-corrected chi connectivity index (χ4v) is 2.63. The molecule has 1 aromatic rings. The first-order chi connectivity index (χ1) is 14.8. The van der Waals surface area contributed by atoms with E-state index in [0.717, 1.165) is 17.8 Å². The van der Waals surface area contributed by atoms with Crippen molar-refractivity contribution in [1.82, 2.24) is 4.90 Å². The monoisotopic (exact) mass is 456 g/mol. The molecule has 0 saturated carbocycles. The van der Waals surface area contributed by atoms with Gasteiger partial charge in [0.25, 0.3) is 11.4 Å². The molecule has 0 unspecified atom stereocenters. The Morgan fingerprint density at radius 3 is 1.25 bits per heavy atom. The second-order valence-electron chi connectivity index (χ2n) is 8.99. The highest BCUT2D eigenvalue weighted by Gasteiger charge is 2.30. The average Bonchev–Trinajstić information content (AvgIpc) is 2.66. The van der Waals surface area contributed by atoms with E-state index in [2.05, 4.69) is 46.4 Å². The molecule has 0 aliphatic heterocycles. The topological polar surface area (TPSA) is 153 Å². The molecule has 11 heteroatoms. The van der Waals surface area contributed by atoms with Crippen molar-refractivity contribution < 1.29 is 19.9 Å². The first kappa shape index (κ1) is 29.2. The van der Waals surface area contributed by atoms with Gasteiger partial charge in [0.1, 0.15) is 0 Å². The Morgan fingerprint density at radius 2 is 1.03 bits per heavy atom. The number of benzene rings is 1. The maximum absolute atomic E-state index is 10.4. The Balaban J connectivity index is 0.000000601. The highest BCUT2D eigenvalue weighted by Crippen LogP contribution is 2.38. The number of nitro groups is 3. The van der Waals surface area contributed by atoms with Gasteiger partial charge in [0.15, 0.2) is 0 Å². The van der Waals surface area contributed by atoms with Crippen molar-refractivity contribution in [2.75, 3.05) is 19.6 Å². The molecule has 182 valence electrons. The summed E-state index contributed by atoms with van der Waals surface area (Å²) in [7, 11) is 0. The Hall–Kier alpha value is -2.82. The van der Waals surface area contributed by atoms with E-state index in [1.807, 2.05) is 0 Å². The van der Waals surface area contributed by atoms with Crippen molar-refractivity contribution in [3.05, 3.63) is 42.5 Å². The van der Waals surface area contributed by atoms with Gasteiger partial charge in [-0.2, -0.15) is 0 Å². The molecule has 0 aromatic heterocycles. The minimum atomic E-state index is -1.21. The van der Waals surface area contributed by atoms with Gasteiger partial charge in [0.05, 0.1) is 26.9 Å². The van der Waals surface area contributed by atoms with Gasteiger partial charge in [0.2, 0.25) is 0 Å². The fraction of sp³-hybridized carbons (Fsp3) is 0.714. The van der Waals surface area contributed by atoms with Gasteiger partial charge in [-0.25, -0.2) is 0 Å². The van der Waals surface area contributed by atoms with E-state index in [4.69, 9.17) is 5.11 Å². The maximum atomic E-state index is 10.4. The SMILES string of the molecule is CC(C)CCN(CCC(C)C)CCC(C)C.O=[N+]([O-])c1cc([N+](=O)[O-])c(O)c([N+](=O)[O-])c1. The van der Waals surface area contributed by atoms with E-state index in [0.29, 0.717) is 12.1 Å². The van der Waals surface area contributed by atoms with Crippen LogP contribution in [0.5, 0.6) is 5.75 Å². The number of rotatable bonds is 12. The van der Waals surface area contributed by atoms with Crippen LogP contribution in [0.4, 0.5) is 17.1 Å². The second-order valence-corrected chi connectivity index (χ2v) is 8.99. The van der Waals surface area contributed by atoms with E-state index in [-0.39, 0.29) is 0 Å². The molecule has 0 saturated heterocycles. The van der Waals surface area contributed by atoms with E-state index >= 15 is 0 Å². The number of nitro benzene ring substituents is 3. The standard InChI is InChI=1S/C15H33N.C6H3N3O7/c1-13(2)7-10-16(11-8-14(3)4)12-9-15(5)6;10-6-4(8(13)14)1-3(7(11)12)2-5(6)9(15)16/h13-15H,7-12H2,1-6H3;1-2,10H. The van der Waals surface area contributed by atoms with Crippen LogP contribution in [-0.4, -0.2) is 44.4 Å². The number of hydrogen-bond acceptors (Lipinski definition) is 8. The first-order valence-electron chi connectivity index (χ1n) is 10.8. The molecule has 0 heterocycles. The van der Waals surface area contributed by atoms with Crippen LogP contribution in [0.1, 0.15) is 60.8 Å².